The largest absolute Gasteiger partial charge is 0.453 e. The SMILES string of the molecule is Cc1nc([C@@H]2CCCN(Cc3ccc(Sc4nncn4C)o3)C2)n[nH]1. The highest BCUT2D eigenvalue weighted by Crippen LogP contribution is 2.29. The third kappa shape index (κ3) is 3.77. The first-order valence-electron chi connectivity index (χ1n) is 8.39. The van der Waals surface area contributed by atoms with Crippen molar-refractivity contribution in [3.05, 3.63) is 35.9 Å². The molecule has 0 aromatic carbocycles. The van der Waals surface area contributed by atoms with Gasteiger partial charge in [-0.2, -0.15) is 5.10 Å². The quantitative estimate of drug-likeness (QED) is 0.748. The van der Waals surface area contributed by atoms with Crippen molar-refractivity contribution in [2.45, 2.75) is 42.5 Å². The van der Waals surface area contributed by atoms with Crippen LogP contribution < -0.4 is 0 Å². The van der Waals surface area contributed by atoms with E-state index in [4.69, 9.17) is 4.42 Å². The molecule has 1 aliphatic heterocycles. The minimum absolute atomic E-state index is 0.390. The lowest BCUT2D eigenvalue weighted by Gasteiger charge is -2.30. The molecule has 0 aliphatic carbocycles. The van der Waals surface area contributed by atoms with Crippen LogP contribution in [0.4, 0.5) is 0 Å². The van der Waals surface area contributed by atoms with E-state index < -0.39 is 0 Å². The second-order valence-corrected chi connectivity index (χ2v) is 7.37. The minimum atomic E-state index is 0.390. The number of hydrogen-bond donors (Lipinski definition) is 1. The fourth-order valence-corrected chi connectivity index (χ4v) is 3.87. The predicted octanol–water partition coefficient (Wildman–Crippen LogP) is 2.37. The van der Waals surface area contributed by atoms with Crippen LogP contribution in [0.1, 0.15) is 36.2 Å². The second-order valence-electron chi connectivity index (χ2n) is 6.40. The Labute approximate surface area is 150 Å². The Bertz CT molecular complexity index is 839. The van der Waals surface area contributed by atoms with Crippen LogP contribution in [0.15, 0.2) is 33.1 Å². The Morgan fingerprint density at radius 3 is 3.08 bits per heavy atom. The maximum atomic E-state index is 5.96. The predicted molar refractivity (Wildman–Crippen MR) is 92.2 cm³/mol. The van der Waals surface area contributed by atoms with Gasteiger partial charge in [0.15, 0.2) is 16.1 Å². The molecule has 1 N–H and O–H groups in total. The van der Waals surface area contributed by atoms with Crippen LogP contribution >= 0.6 is 11.8 Å². The molecule has 0 bridgehead atoms. The Kier molecular flexibility index (Phi) is 4.58. The van der Waals surface area contributed by atoms with Crippen molar-refractivity contribution in [3.8, 4) is 0 Å². The number of aromatic nitrogens is 6. The van der Waals surface area contributed by atoms with Gasteiger partial charge >= 0.3 is 0 Å². The standard InChI is InChI=1S/C16H21N7OS/c1-11-18-15(20-19-11)12-4-3-7-23(8-12)9-13-5-6-14(24-13)25-16-21-17-10-22(16)2/h5-6,10,12H,3-4,7-9H2,1-2H3,(H,18,19,20)/t12-/m1/s1. The van der Waals surface area contributed by atoms with Crippen LogP contribution in [0.5, 0.6) is 0 Å². The number of hydrogen-bond acceptors (Lipinski definition) is 7. The molecule has 25 heavy (non-hydrogen) atoms. The van der Waals surface area contributed by atoms with E-state index in [0.29, 0.717) is 5.92 Å². The molecule has 132 valence electrons. The smallest absolute Gasteiger partial charge is 0.198 e. The van der Waals surface area contributed by atoms with Crippen LogP contribution in [-0.2, 0) is 13.6 Å². The molecule has 1 fully saturated rings. The summed E-state index contributed by atoms with van der Waals surface area (Å²) in [7, 11) is 1.92. The van der Waals surface area contributed by atoms with Gasteiger partial charge in [0.05, 0.1) is 6.54 Å². The molecule has 4 heterocycles. The lowest BCUT2D eigenvalue weighted by Crippen LogP contribution is -2.34. The summed E-state index contributed by atoms with van der Waals surface area (Å²) >= 11 is 1.48. The van der Waals surface area contributed by atoms with E-state index in [-0.39, 0.29) is 0 Å². The summed E-state index contributed by atoms with van der Waals surface area (Å²) in [4.78, 5) is 6.91. The van der Waals surface area contributed by atoms with E-state index in [2.05, 4.69) is 30.3 Å². The monoisotopic (exact) mass is 359 g/mol. The molecule has 4 rings (SSSR count). The molecular weight excluding hydrogens is 338 g/mol. The van der Waals surface area contributed by atoms with E-state index in [1.807, 2.05) is 30.7 Å². The van der Waals surface area contributed by atoms with E-state index >= 15 is 0 Å². The van der Waals surface area contributed by atoms with Crippen molar-refractivity contribution in [1.29, 1.82) is 0 Å². The number of aromatic amines is 1. The van der Waals surface area contributed by atoms with E-state index in [1.54, 1.807) is 6.33 Å². The third-order valence-electron chi connectivity index (χ3n) is 4.36. The molecule has 1 aliphatic rings. The highest BCUT2D eigenvalue weighted by molar-refractivity contribution is 7.99. The Balaban J connectivity index is 1.38. The van der Waals surface area contributed by atoms with Gasteiger partial charge in [0.1, 0.15) is 17.9 Å². The fraction of sp³-hybridized carbons (Fsp3) is 0.500. The average molecular weight is 359 g/mol. The zero-order valence-electron chi connectivity index (χ0n) is 14.3. The normalized spacial score (nSPS) is 18.7. The van der Waals surface area contributed by atoms with Gasteiger partial charge in [0, 0.05) is 19.5 Å². The average Bonchev–Trinajstić information content (AvgIpc) is 3.32. The van der Waals surface area contributed by atoms with Gasteiger partial charge < -0.3 is 8.98 Å². The minimum Gasteiger partial charge on any atom is -0.453 e. The summed E-state index contributed by atoms with van der Waals surface area (Å²) in [5, 5.41) is 16.9. The number of rotatable bonds is 5. The van der Waals surface area contributed by atoms with Gasteiger partial charge in [0.25, 0.3) is 0 Å². The molecule has 8 nitrogen and oxygen atoms in total. The molecule has 3 aromatic rings. The van der Waals surface area contributed by atoms with E-state index in [9.17, 15) is 0 Å². The van der Waals surface area contributed by atoms with Crippen molar-refractivity contribution in [2.75, 3.05) is 13.1 Å². The van der Waals surface area contributed by atoms with Gasteiger partial charge in [0.2, 0.25) is 0 Å². The Hall–Kier alpha value is -2.13. The summed E-state index contributed by atoms with van der Waals surface area (Å²) in [6, 6.07) is 4.04. The van der Waals surface area contributed by atoms with E-state index in [1.165, 1.54) is 11.8 Å². The zero-order chi connectivity index (χ0) is 17.2. The van der Waals surface area contributed by atoms with Gasteiger partial charge in [-0.1, -0.05) is 0 Å². The van der Waals surface area contributed by atoms with Crippen molar-refractivity contribution >= 4 is 11.8 Å². The highest BCUT2D eigenvalue weighted by Gasteiger charge is 2.25. The molecule has 0 radical (unpaired) electrons. The first-order valence-corrected chi connectivity index (χ1v) is 9.21. The third-order valence-corrected chi connectivity index (χ3v) is 5.34. The lowest BCUT2D eigenvalue weighted by molar-refractivity contribution is 0.180. The van der Waals surface area contributed by atoms with Crippen molar-refractivity contribution in [3.63, 3.8) is 0 Å². The number of H-pyrrole nitrogens is 1. The van der Waals surface area contributed by atoms with Crippen molar-refractivity contribution in [1.82, 2.24) is 34.8 Å². The number of nitrogens with one attached hydrogen (secondary N) is 1. The molecule has 0 spiro atoms. The number of likely N-dealkylation sites (tertiary alicyclic amines) is 1. The molecule has 0 unspecified atom stereocenters. The topological polar surface area (TPSA) is 88.7 Å². The molecule has 0 saturated carbocycles. The van der Waals surface area contributed by atoms with Gasteiger partial charge in [-0.05, 0) is 50.2 Å². The number of furan rings is 1. The van der Waals surface area contributed by atoms with Crippen LogP contribution in [0.2, 0.25) is 0 Å². The summed E-state index contributed by atoms with van der Waals surface area (Å²) < 4.78 is 7.84. The van der Waals surface area contributed by atoms with Crippen LogP contribution in [0.3, 0.4) is 0 Å². The van der Waals surface area contributed by atoms with Crippen LogP contribution in [0, 0.1) is 6.92 Å². The van der Waals surface area contributed by atoms with Crippen molar-refractivity contribution < 1.29 is 4.42 Å². The molecule has 0 amide bonds. The Morgan fingerprint density at radius 1 is 1.40 bits per heavy atom. The molecule has 1 saturated heterocycles. The molecule has 9 heteroatoms. The highest BCUT2D eigenvalue weighted by atomic mass is 32.2. The zero-order valence-corrected chi connectivity index (χ0v) is 15.2. The van der Waals surface area contributed by atoms with Gasteiger partial charge in [-0.3, -0.25) is 10.00 Å². The lowest BCUT2D eigenvalue weighted by atomic mass is 9.97. The van der Waals surface area contributed by atoms with Gasteiger partial charge in [-0.25, -0.2) is 4.98 Å². The Morgan fingerprint density at radius 2 is 2.32 bits per heavy atom. The summed E-state index contributed by atoms with van der Waals surface area (Å²) in [5.41, 5.74) is 0. The molecule has 1 atom stereocenters. The second kappa shape index (κ2) is 7.01. The maximum absolute atomic E-state index is 5.96. The first-order chi connectivity index (χ1) is 12.2. The number of aryl methyl sites for hydroxylation is 2. The molecule has 3 aromatic heterocycles. The van der Waals surface area contributed by atoms with E-state index in [0.717, 1.165) is 60.1 Å². The fourth-order valence-electron chi connectivity index (χ4n) is 3.13. The summed E-state index contributed by atoms with van der Waals surface area (Å²) in [6.07, 6.45) is 3.98. The number of nitrogens with zero attached hydrogens (tertiary/aromatic N) is 6. The molecular formula is C16H21N7OS. The first kappa shape index (κ1) is 16.3. The summed E-state index contributed by atoms with van der Waals surface area (Å²) in [5.74, 6) is 3.17. The summed E-state index contributed by atoms with van der Waals surface area (Å²) in [6.45, 7) is 4.78. The number of piperidine rings is 1. The van der Waals surface area contributed by atoms with Gasteiger partial charge in [-0.15, -0.1) is 10.2 Å². The maximum Gasteiger partial charge on any atom is 0.198 e. The van der Waals surface area contributed by atoms with Crippen molar-refractivity contribution in [2.24, 2.45) is 7.05 Å². The van der Waals surface area contributed by atoms with Crippen LogP contribution in [-0.4, -0.2) is 47.9 Å². The van der Waals surface area contributed by atoms with Crippen LogP contribution in [0.25, 0.3) is 0 Å².